The van der Waals surface area contributed by atoms with E-state index in [1.165, 1.54) is 0 Å². The highest BCUT2D eigenvalue weighted by molar-refractivity contribution is 6.17. The summed E-state index contributed by atoms with van der Waals surface area (Å²) < 4.78 is 1.98. The predicted molar refractivity (Wildman–Crippen MR) is 79.8 cm³/mol. The molecule has 0 spiro atoms. The first-order valence-electron chi connectivity index (χ1n) is 6.77. The second-order valence-corrected chi connectivity index (χ2v) is 5.31. The number of halogens is 1. The van der Waals surface area contributed by atoms with E-state index in [2.05, 4.69) is 15.3 Å². The second-order valence-electron chi connectivity index (χ2n) is 4.94. The second kappa shape index (κ2) is 6.70. The molecular weight excluding hydrogens is 276 g/mol. The van der Waals surface area contributed by atoms with Crippen LogP contribution in [0, 0.1) is 0 Å². The van der Waals surface area contributed by atoms with E-state index in [1.807, 2.05) is 30.5 Å². The minimum atomic E-state index is 0.0367. The first-order chi connectivity index (χ1) is 9.61. The molecule has 108 valence electrons. The molecule has 1 amide bonds. The van der Waals surface area contributed by atoms with E-state index < -0.39 is 0 Å². The molecule has 2 heterocycles. The van der Waals surface area contributed by atoms with Crippen molar-refractivity contribution in [2.24, 2.45) is 0 Å². The first-order valence-corrected chi connectivity index (χ1v) is 7.30. The van der Waals surface area contributed by atoms with Crippen LogP contribution in [0.15, 0.2) is 18.3 Å². The van der Waals surface area contributed by atoms with Crippen LogP contribution in [0.2, 0.25) is 0 Å². The van der Waals surface area contributed by atoms with Crippen molar-refractivity contribution in [2.45, 2.75) is 39.3 Å². The average molecular weight is 295 g/mol. The lowest BCUT2D eigenvalue weighted by Crippen LogP contribution is -2.30. The van der Waals surface area contributed by atoms with Crippen LogP contribution in [0.5, 0.6) is 0 Å². The monoisotopic (exact) mass is 294 g/mol. The fourth-order valence-electron chi connectivity index (χ4n) is 2.12. The smallest absolute Gasteiger partial charge is 0.221 e. The van der Waals surface area contributed by atoms with Gasteiger partial charge in [0.1, 0.15) is 11.3 Å². The molecule has 0 aliphatic rings. The van der Waals surface area contributed by atoms with Crippen molar-refractivity contribution >= 4 is 28.7 Å². The molecule has 0 unspecified atom stereocenters. The number of imidazole rings is 1. The lowest BCUT2D eigenvalue weighted by atomic mass is 10.3. The number of rotatable bonds is 6. The van der Waals surface area contributed by atoms with Crippen LogP contribution in [0.3, 0.4) is 0 Å². The number of alkyl halides is 1. The van der Waals surface area contributed by atoms with E-state index in [-0.39, 0.29) is 11.9 Å². The molecule has 0 radical (unpaired) electrons. The maximum absolute atomic E-state index is 11.8. The summed E-state index contributed by atoms with van der Waals surface area (Å²) in [6.07, 6.45) is 2.82. The van der Waals surface area contributed by atoms with Gasteiger partial charge in [0.25, 0.3) is 0 Å². The third-order valence-corrected chi connectivity index (χ3v) is 3.10. The van der Waals surface area contributed by atoms with Gasteiger partial charge in [-0.3, -0.25) is 4.79 Å². The van der Waals surface area contributed by atoms with Gasteiger partial charge in [0, 0.05) is 37.5 Å². The standard InChI is InChI=1S/C14H19ClN4O/c1-10(2)17-13(20)6-9-19-12(5-7-15)18-11-4-3-8-16-14(11)19/h3-4,8,10H,5-7,9H2,1-2H3,(H,17,20). The average Bonchev–Trinajstić information content (AvgIpc) is 2.73. The Morgan fingerprint density at radius 2 is 2.30 bits per heavy atom. The molecule has 2 rings (SSSR count). The van der Waals surface area contributed by atoms with Crippen LogP contribution in [0.4, 0.5) is 0 Å². The number of hydrogen-bond donors (Lipinski definition) is 1. The van der Waals surface area contributed by atoms with Gasteiger partial charge in [-0.25, -0.2) is 9.97 Å². The van der Waals surface area contributed by atoms with Crippen molar-refractivity contribution < 1.29 is 4.79 Å². The van der Waals surface area contributed by atoms with Gasteiger partial charge >= 0.3 is 0 Å². The van der Waals surface area contributed by atoms with E-state index in [0.717, 1.165) is 17.0 Å². The minimum absolute atomic E-state index is 0.0367. The highest BCUT2D eigenvalue weighted by Gasteiger charge is 2.12. The quantitative estimate of drug-likeness (QED) is 0.830. The maximum atomic E-state index is 11.8. The number of aromatic nitrogens is 3. The molecule has 0 saturated heterocycles. The van der Waals surface area contributed by atoms with Crippen molar-refractivity contribution in [2.75, 3.05) is 5.88 Å². The third kappa shape index (κ3) is 3.48. The fourth-order valence-corrected chi connectivity index (χ4v) is 2.29. The molecule has 0 aliphatic heterocycles. The van der Waals surface area contributed by atoms with Crippen LogP contribution < -0.4 is 5.32 Å². The van der Waals surface area contributed by atoms with Crippen molar-refractivity contribution in [1.29, 1.82) is 0 Å². The SMILES string of the molecule is CC(C)NC(=O)CCn1c(CCCl)nc2cccnc21. The van der Waals surface area contributed by atoms with Crippen molar-refractivity contribution in [3.63, 3.8) is 0 Å². The summed E-state index contributed by atoms with van der Waals surface area (Å²) in [6, 6.07) is 3.93. The zero-order valence-electron chi connectivity index (χ0n) is 11.8. The van der Waals surface area contributed by atoms with Crippen LogP contribution in [0.25, 0.3) is 11.2 Å². The Labute approximate surface area is 123 Å². The summed E-state index contributed by atoms with van der Waals surface area (Å²) in [5.74, 6) is 1.42. The summed E-state index contributed by atoms with van der Waals surface area (Å²) in [5, 5.41) is 2.89. The normalized spacial score (nSPS) is 11.2. The number of carbonyl (C=O) groups is 1. The zero-order valence-corrected chi connectivity index (χ0v) is 12.5. The molecule has 2 aromatic rings. The molecule has 0 fully saturated rings. The van der Waals surface area contributed by atoms with Crippen LogP contribution in [-0.2, 0) is 17.8 Å². The van der Waals surface area contributed by atoms with E-state index >= 15 is 0 Å². The Balaban J connectivity index is 2.18. The number of amides is 1. The number of nitrogens with zero attached hydrogens (tertiary/aromatic N) is 3. The van der Waals surface area contributed by atoms with Crippen LogP contribution in [-0.4, -0.2) is 32.4 Å². The molecular formula is C14H19ClN4O. The summed E-state index contributed by atoms with van der Waals surface area (Å²) in [4.78, 5) is 20.6. The van der Waals surface area contributed by atoms with Gasteiger partial charge in [0.15, 0.2) is 5.65 Å². The molecule has 20 heavy (non-hydrogen) atoms. The number of hydrogen-bond acceptors (Lipinski definition) is 3. The van der Waals surface area contributed by atoms with Gasteiger partial charge in [0.05, 0.1) is 0 Å². The van der Waals surface area contributed by atoms with E-state index in [0.29, 0.717) is 25.3 Å². The lowest BCUT2D eigenvalue weighted by Gasteiger charge is -2.10. The molecule has 0 bridgehead atoms. The number of fused-ring (bicyclic) bond motifs is 1. The van der Waals surface area contributed by atoms with Gasteiger partial charge in [-0.2, -0.15) is 0 Å². The molecule has 0 saturated carbocycles. The van der Waals surface area contributed by atoms with Gasteiger partial charge in [-0.15, -0.1) is 11.6 Å². The summed E-state index contributed by atoms with van der Waals surface area (Å²) in [5.41, 5.74) is 1.65. The number of aryl methyl sites for hydroxylation is 2. The molecule has 0 aliphatic carbocycles. The molecule has 2 aromatic heterocycles. The van der Waals surface area contributed by atoms with E-state index in [1.54, 1.807) is 6.20 Å². The number of pyridine rings is 1. The Morgan fingerprint density at radius 3 is 3.00 bits per heavy atom. The largest absolute Gasteiger partial charge is 0.354 e. The third-order valence-electron chi connectivity index (χ3n) is 2.91. The first kappa shape index (κ1) is 14.8. The van der Waals surface area contributed by atoms with E-state index in [4.69, 9.17) is 11.6 Å². The summed E-state index contributed by atoms with van der Waals surface area (Å²) in [7, 11) is 0. The van der Waals surface area contributed by atoms with E-state index in [9.17, 15) is 4.79 Å². The van der Waals surface area contributed by atoms with Crippen molar-refractivity contribution in [1.82, 2.24) is 19.9 Å². The molecule has 1 N–H and O–H groups in total. The molecule has 6 heteroatoms. The zero-order chi connectivity index (χ0) is 14.5. The topological polar surface area (TPSA) is 59.8 Å². The lowest BCUT2D eigenvalue weighted by molar-refractivity contribution is -0.121. The Kier molecular flexibility index (Phi) is 4.95. The number of carbonyl (C=O) groups excluding carboxylic acids is 1. The summed E-state index contributed by atoms with van der Waals surface area (Å²) >= 11 is 5.81. The Hall–Kier alpha value is -1.62. The van der Waals surface area contributed by atoms with Crippen LogP contribution in [0.1, 0.15) is 26.1 Å². The minimum Gasteiger partial charge on any atom is -0.354 e. The maximum Gasteiger partial charge on any atom is 0.221 e. The van der Waals surface area contributed by atoms with Gasteiger partial charge in [-0.05, 0) is 26.0 Å². The molecule has 0 atom stereocenters. The summed E-state index contributed by atoms with van der Waals surface area (Å²) in [6.45, 7) is 4.47. The fraction of sp³-hybridized carbons (Fsp3) is 0.500. The van der Waals surface area contributed by atoms with Gasteiger partial charge in [0.2, 0.25) is 5.91 Å². The highest BCUT2D eigenvalue weighted by atomic mass is 35.5. The van der Waals surface area contributed by atoms with Crippen molar-refractivity contribution in [3.05, 3.63) is 24.2 Å². The Morgan fingerprint density at radius 1 is 1.50 bits per heavy atom. The molecule has 0 aromatic carbocycles. The number of nitrogens with one attached hydrogen (secondary N) is 1. The van der Waals surface area contributed by atoms with Gasteiger partial charge < -0.3 is 9.88 Å². The van der Waals surface area contributed by atoms with Crippen LogP contribution >= 0.6 is 11.6 Å². The highest BCUT2D eigenvalue weighted by Crippen LogP contribution is 2.15. The van der Waals surface area contributed by atoms with Crippen molar-refractivity contribution in [3.8, 4) is 0 Å². The predicted octanol–water partition coefficient (Wildman–Crippen LogP) is 2.13. The molecule has 5 nitrogen and oxygen atoms in total. The Bertz CT molecular complexity index is 594. The van der Waals surface area contributed by atoms with Gasteiger partial charge in [-0.1, -0.05) is 0 Å².